The van der Waals surface area contributed by atoms with Crippen molar-refractivity contribution in [3.8, 4) is 0 Å². The maximum absolute atomic E-state index is 13.2. The number of hydrogen-bond acceptors (Lipinski definition) is 1. The highest BCUT2D eigenvalue weighted by atomic mass is 79.9. The SMILES string of the molecule is CC(Nc1c(Cl)cc(Br)cc1Cl)c1cc(F)cc(F)c1. The first-order chi connectivity index (χ1) is 9.36. The van der Waals surface area contributed by atoms with Crippen LogP contribution in [0.25, 0.3) is 0 Å². The lowest BCUT2D eigenvalue weighted by Gasteiger charge is -2.18. The Hall–Kier alpha value is -0.840. The lowest BCUT2D eigenvalue weighted by Crippen LogP contribution is -2.08. The van der Waals surface area contributed by atoms with E-state index in [0.717, 1.165) is 10.5 Å². The van der Waals surface area contributed by atoms with Crippen molar-refractivity contribution >= 4 is 44.8 Å². The van der Waals surface area contributed by atoms with Crippen molar-refractivity contribution in [2.45, 2.75) is 13.0 Å². The third-order valence-corrected chi connectivity index (χ3v) is 3.81. The zero-order valence-electron chi connectivity index (χ0n) is 10.4. The van der Waals surface area contributed by atoms with E-state index in [-0.39, 0.29) is 6.04 Å². The van der Waals surface area contributed by atoms with Crippen molar-refractivity contribution in [3.63, 3.8) is 0 Å². The lowest BCUT2D eigenvalue weighted by atomic mass is 10.1. The lowest BCUT2D eigenvalue weighted by molar-refractivity contribution is 0.577. The highest BCUT2D eigenvalue weighted by Crippen LogP contribution is 2.36. The molecular formula is C14H10BrCl2F2N. The smallest absolute Gasteiger partial charge is 0.126 e. The normalized spacial score (nSPS) is 12.3. The molecule has 1 atom stereocenters. The summed E-state index contributed by atoms with van der Waals surface area (Å²) in [6.45, 7) is 1.77. The second-order valence-electron chi connectivity index (χ2n) is 4.31. The number of rotatable bonds is 3. The quantitative estimate of drug-likeness (QED) is 0.667. The predicted molar refractivity (Wildman–Crippen MR) is 82.6 cm³/mol. The van der Waals surface area contributed by atoms with Gasteiger partial charge in [-0.3, -0.25) is 0 Å². The first kappa shape index (κ1) is 15.5. The molecular weight excluding hydrogens is 371 g/mol. The highest BCUT2D eigenvalue weighted by Gasteiger charge is 2.13. The molecule has 0 aliphatic heterocycles. The summed E-state index contributed by atoms with van der Waals surface area (Å²) in [6.07, 6.45) is 0. The van der Waals surface area contributed by atoms with Crippen LogP contribution in [0.5, 0.6) is 0 Å². The zero-order valence-corrected chi connectivity index (χ0v) is 13.5. The molecule has 0 aliphatic rings. The van der Waals surface area contributed by atoms with E-state index in [0.29, 0.717) is 21.3 Å². The fourth-order valence-electron chi connectivity index (χ4n) is 1.81. The second kappa shape index (κ2) is 6.29. The molecule has 2 aromatic rings. The molecule has 0 radical (unpaired) electrons. The van der Waals surface area contributed by atoms with Gasteiger partial charge in [0, 0.05) is 16.6 Å². The molecule has 0 heterocycles. The standard InChI is InChI=1S/C14H10BrCl2F2N/c1-7(8-2-10(18)6-11(19)3-8)20-14-12(16)4-9(15)5-13(14)17/h2-7,20H,1H3. The number of benzene rings is 2. The molecule has 0 amide bonds. The summed E-state index contributed by atoms with van der Waals surface area (Å²) in [5, 5.41) is 3.91. The Bertz CT molecular complexity index is 606. The molecule has 0 aliphatic carbocycles. The second-order valence-corrected chi connectivity index (χ2v) is 6.04. The topological polar surface area (TPSA) is 12.0 Å². The minimum absolute atomic E-state index is 0.351. The van der Waals surface area contributed by atoms with Crippen molar-refractivity contribution in [2.24, 2.45) is 0 Å². The van der Waals surface area contributed by atoms with Gasteiger partial charge in [0.2, 0.25) is 0 Å². The third-order valence-electron chi connectivity index (χ3n) is 2.75. The molecule has 0 bridgehead atoms. The van der Waals surface area contributed by atoms with E-state index < -0.39 is 11.6 Å². The zero-order chi connectivity index (χ0) is 14.9. The van der Waals surface area contributed by atoms with E-state index in [1.54, 1.807) is 19.1 Å². The van der Waals surface area contributed by atoms with E-state index in [1.807, 2.05) is 0 Å². The molecule has 1 unspecified atom stereocenters. The van der Waals surface area contributed by atoms with Gasteiger partial charge in [-0.25, -0.2) is 8.78 Å². The van der Waals surface area contributed by atoms with Crippen LogP contribution >= 0.6 is 39.1 Å². The van der Waals surface area contributed by atoms with Crippen LogP contribution in [0.15, 0.2) is 34.8 Å². The minimum atomic E-state index is -0.623. The van der Waals surface area contributed by atoms with Crippen LogP contribution in [-0.4, -0.2) is 0 Å². The Morgan fingerprint density at radius 1 is 1.00 bits per heavy atom. The maximum atomic E-state index is 13.2. The molecule has 0 fully saturated rings. The van der Waals surface area contributed by atoms with E-state index in [1.165, 1.54) is 12.1 Å². The van der Waals surface area contributed by atoms with Crippen LogP contribution in [0.3, 0.4) is 0 Å². The number of nitrogens with one attached hydrogen (secondary N) is 1. The summed E-state index contributed by atoms with van der Waals surface area (Å²) < 4.78 is 27.2. The molecule has 1 N–H and O–H groups in total. The van der Waals surface area contributed by atoms with Crippen LogP contribution < -0.4 is 5.32 Å². The Balaban J connectivity index is 2.30. The third kappa shape index (κ3) is 3.62. The van der Waals surface area contributed by atoms with Gasteiger partial charge < -0.3 is 5.32 Å². The first-order valence-corrected chi connectivity index (χ1v) is 7.29. The average molecular weight is 381 g/mol. The molecule has 2 aromatic carbocycles. The molecule has 0 spiro atoms. The van der Waals surface area contributed by atoms with Gasteiger partial charge in [-0.1, -0.05) is 39.1 Å². The molecule has 0 saturated carbocycles. The summed E-state index contributed by atoms with van der Waals surface area (Å²) in [5.74, 6) is -1.25. The van der Waals surface area contributed by atoms with Gasteiger partial charge in [-0.2, -0.15) is 0 Å². The number of hydrogen-bond donors (Lipinski definition) is 1. The summed E-state index contributed by atoms with van der Waals surface area (Å²) in [5.41, 5.74) is 0.992. The van der Waals surface area contributed by atoms with Crippen LogP contribution in [0.4, 0.5) is 14.5 Å². The van der Waals surface area contributed by atoms with Gasteiger partial charge in [0.1, 0.15) is 11.6 Å². The van der Waals surface area contributed by atoms with Gasteiger partial charge in [-0.05, 0) is 36.8 Å². The van der Waals surface area contributed by atoms with E-state index in [9.17, 15) is 8.78 Å². The van der Waals surface area contributed by atoms with Gasteiger partial charge in [0.25, 0.3) is 0 Å². The summed E-state index contributed by atoms with van der Waals surface area (Å²) >= 11 is 15.5. The first-order valence-electron chi connectivity index (χ1n) is 5.74. The van der Waals surface area contributed by atoms with E-state index >= 15 is 0 Å². The largest absolute Gasteiger partial charge is 0.376 e. The fraction of sp³-hybridized carbons (Fsp3) is 0.143. The number of anilines is 1. The van der Waals surface area contributed by atoms with Crippen molar-refractivity contribution in [2.75, 3.05) is 5.32 Å². The van der Waals surface area contributed by atoms with Crippen LogP contribution in [0.1, 0.15) is 18.5 Å². The molecule has 1 nitrogen and oxygen atoms in total. The molecule has 20 heavy (non-hydrogen) atoms. The van der Waals surface area contributed by atoms with E-state index in [2.05, 4.69) is 21.2 Å². The van der Waals surface area contributed by atoms with E-state index in [4.69, 9.17) is 23.2 Å². The highest BCUT2D eigenvalue weighted by molar-refractivity contribution is 9.10. The van der Waals surface area contributed by atoms with Crippen LogP contribution in [0, 0.1) is 11.6 Å². The molecule has 0 aromatic heterocycles. The summed E-state index contributed by atoms with van der Waals surface area (Å²) in [6, 6.07) is 6.39. The molecule has 0 saturated heterocycles. The van der Waals surface area contributed by atoms with Gasteiger partial charge in [0.05, 0.1) is 15.7 Å². The molecule has 106 valence electrons. The Morgan fingerprint density at radius 2 is 1.50 bits per heavy atom. The van der Waals surface area contributed by atoms with Crippen molar-refractivity contribution in [3.05, 3.63) is 62.0 Å². The van der Waals surface area contributed by atoms with Crippen molar-refractivity contribution in [1.82, 2.24) is 0 Å². The fourth-order valence-corrected chi connectivity index (χ4v) is 3.12. The molecule has 6 heteroatoms. The van der Waals surface area contributed by atoms with Gasteiger partial charge in [0.15, 0.2) is 0 Å². The van der Waals surface area contributed by atoms with Crippen molar-refractivity contribution in [1.29, 1.82) is 0 Å². The predicted octanol–water partition coefficient (Wildman–Crippen LogP) is 6.21. The Labute approximate surface area is 134 Å². The minimum Gasteiger partial charge on any atom is -0.376 e. The van der Waals surface area contributed by atoms with Crippen LogP contribution in [0.2, 0.25) is 10.0 Å². The maximum Gasteiger partial charge on any atom is 0.126 e. The van der Waals surface area contributed by atoms with Gasteiger partial charge in [-0.15, -0.1) is 0 Å². The average Bonchev–Trinajstić information content (AvgIpc) is 2.32. The van der Waals surface area contributed by atoms with Crippen LogP contribution in [-0.2, 0) is 0 Å². The molecule has 2 rings (SSSR count). The monoisotopic (exact) mass is 379 g/mol. The number of halogens is 5. The Morgan fingerprint density at radius 3 is 2.00 bits per heavy atom. The van der Waals surface area contributed by atoms with Gasteiger partial charge >= 0.3 is 0 Å². The Kier molecular flexibility index (Phi) is 4.89. The summed E-state index contributed by atoms with van der Waals surface area (Å²) in [4.78, 5) is 0. The summed E-state index contributed by atoms with van der Waals surface area (Å²) in [7, 11) is 0. The van der Waals surface area contributed by atoms with Crippen molar-refractivity contribution < 1.29 is 8.78 Å².